The molecule has 1 rings (SSSR count). The van der Waals surface area contributed by atoms with Gasteiger partial charge in [-0.3, -0.25) is 0 Å². The topological polar surface area (TPSA) is 22.1 Å². The van der Waals surface area contributed by atoms with Gasteiger partial charge in [-0.25, -0.2) is 0 Å². The Morgan fingerprint density at radius 3 is 2.47 bits per heavy atom. The zero-order valence-corrected chi connectivity index (χ0v) is 12.6. The van der Waals surface area contributed by atoms with Crippen LogP contribution in [0, 0.1) is 6.92 Å². The van der Waals surface area contributed by atoms with E-state index in [0.717, 1.165) is 5.75 Å². The van der Waals surface area contributed by atoms with E-state index in [1.54, 1.807) is 18.6 Å². The van der Waals surface area contributed by atoms with Gasteiger partial charge in [0.05, 0.1) is 12.0 Å². The molecule has 1 atom stereocenters. The molecule has 0 aliphatic heterocycles. The van der Waals surface area contributed by atoms with Gasteiger partial charge in [-0.15, -0.1) is 0 Å². The molecule has 0 aromatic carbocycles. The summed E-state index contributed by atoms with van der Waals surface area (Å²) < 4.78 is 10.2. The molecule has 17 heavy (non-hydrogen) atoms. The van der Waals surface area contributed by atoms with E-state index in [9.17, 15) is 0 Å². The van der Waals surface area contributed by atoms with Gasteiger partial charge in [-0.05, 0) is 31.3 Å². The lowest BCUT2D eigenvalue weighted by atomic mass is 9.77. The van der Waals surface area contributed by atoms with Crippen LogP contribution >= 0.6 is 11.5 Å². The molecule has 0 N–H and O–H groups in total. The normalized spacial score (nSPS) is 14.6. The van der Waals surface area contributed by atoms with E-state index in [1.807, 2.05) is 0 Å². The largest absolute Gasteiger partial charge is 0.494 e. The molecule has 98 valence electrons. The highest BCUT2D eigenvalue weighted by Crippen LogP contribution is 2.41. The fourth-order valence-electron chi connectivity index (χ4n) is 2.47. The minimum Gasteiger partial charge on any atom is -0.494 e. The molecule has 0 fully saturated rings. The Morgan fingerprint density at radius 1 is 1.24 bits per heavy atom. The number of methoxy groups -OCH3 is 1. The van der Waals surface area contributed by atoms with Crippen LogP contribution in [-0.2, 0) is 5.41 Å². The van der Waals surface area contributed by atoms with Gasteiger partial charge in [0.25, 0.3) is 0 Å². The van der Waals surface area contributed by atoms with Crippen molar-refractivity contribution in [1.82, 2.24) is 4.37 Å². The van der Waals surface area contributed by atoms with Gasteiger partial charge in [-0.2, -0.15) is 4.37 Å². The number of nitrogens with zero attached hydrogens (tertiary/aromatic N) is 1. The highest BCUT2D eigenvalue weighted by Gasteiger charge is 2.31. The fraction of sp³-hybridized carbons (Fsp3) is 0.786. The fourth-order valence-corrected chi connectivity index (χ4v) is 3.26. The Morgan fingerprint density at radius 2 is 1.94 bits per heavy atom. The Bertz CT molecular complexity index is 348. The third kappa shape index (κ3) is 3.21. The van der Waals surface area contributed by atoms with Crippen LogP contribution in [0.4, 0.5) is 0 Å². The standard InChI is InChI=1S/C14H25NOS/c1-6-8-10-14(4,9-7-2)13-12(16-5)11(3)17-15-13/h6-10H2,1-5H3. The lowest BCUT2D eigenvalue weighted by Crippen LogP contribution is -2.23. The van der Waals surface area contributed by atoms with Crippen molar-refractivity contribution in [2.24, 2.45) is 0 Å². The second kappa shape index (κ2) is 6.39. The van der Waals surface area contributed by atoms with Gasteiger partial charge in [0, 0.05) is 5.41 Å². The zero-order chi connectivity index (χ0) is 12.9. The first-order valence-corrected chi connectivity index (χ1v) is 7.37. The van der Waals surface area contributed by atoms with Crippen LogP contribution in [0.2, 0.25) is 0 Å². The summed E-state index contributed by atoms with van der Waals surface area (Å²) in [5, 5.41) is 0. The maximum atomic E-state index is 5.54. The van der Waals surface area contributed by atoms with Crippen LogP contribution in [0.5, 0.6) is 5.75 Å². The SMILES string of the molecule is CCCCC(C)(CCC)c1nsc(C)c1OC. The molecule has 0 radical (unpaired) electrons. The summed E-state index contributed by atoms with van der Waals surface area (Å²) in [5.41, 5.74) is 1.36. The number of hydrogen-bond acceptors (Lipinski definition) is 3. The molecule has 0 aliphatic carbocycles. The van der Waals surface area contributed by atoms with Gasteiger partial charge >= 0.3 is 0 Å². The van der Waals surface area contributed by atoms with E-state index in [2.05, 4.69) is 32.1 Å². The van der Waals surface area contributed by atoms with Crippen molar-refractivity contribution < 1.29 is 4.74 Å². The first-order chi connectivity index (χ1) is 8.09. The molecule has 3 heteroatoms. The van der Waals surface area contributed by atoms with Crippen molar-refractivity contribution in [3.8, 4) is 5.75 Å². The number of unbranched alkanes of at least 4 members (excludes halogenated alkanes) is 1. The highest BCUT2D eigenvalue weighted by molar-refractivity contribution is 7.06. The van der Waals surface area contributed by atoms with Gasteiger partial charge in [0.2, 0.25) is 0 Å². The Labute approximate surface area is 110 Å². The summed E-state index contributed by atoms with van der Waals surface area (Å²) in [6.07, 6.45) is 6.09. The quantitative estimate of drug-likeness (QED) is 0.704. The maximum absolute atomic E-state index is 5.54. The van der Waals surface area contributed by atoms with Crippen molar-refractivity contribution in [2.75, 3.05) is 7.11 Å². The van der Waals surface area contributed by atoms with Gasteiger partial charge in [-0.1, -0.05) is 40.0 Å². The minimum absolute atomic E-state index is 0.181. The zero-order valence-electron chi connectivity index (χ0n) is 11.8. The summed E-state index contributed by atoms with van der Waals surface area (Å²) in [6, 6.07) is 0. The average Bonchev–Trinajstić information content (AvgIpc) is 2.68. The Kier molecular flexibility index (Phi) is 5.44. The van der Waals surface area contributed by atoms with E-state index < -0.39 is 0 Å². The van der Waals surface area contributed by atoms with Gasteiger partial charge < -0.3 is 4.74 Å². The maximum Gasteiger partial charge on any atom is 0.156 e. The Balaban J connectivity index is 3.03. The first-order valence-electron chi connectivity index (χ1n) is 6.59. The number of aromatic nitrogens is 1. The van der Waals surface area contributed by atoms with Crippen molar-refractivity contribution in [3.63, 3.8) is 0 Å². The number of rotatable bonds is 7. The number of hydrogen-bond donors (Lipinski definition) is 0. The van der Waals surface area contributed by atoms with Gasteiger partial charge in [0.1, 0.15) is 5.69 Å². The summed E-state index contributed by atoms with van der Waals surface area (Å²) in [6.45, 7) is 8.92. The second-order valence-corrected chi connectivity index (χ2v) is 6.01. The van der Waals surface area contributed by atoms with Crippen LogP contribution in [-0.4, -0.2) is 11.5 Å². The molecule has 0 spiro atoms. The lowest BCUT2D eigenvalue weighted by molar-refractivity contribution is 0.343. The third-order valence-electron chi connectivity index (χ3n) is 3.47. The predicted molar refractivity (Wildman–Crippen MR) is 75.2 cm³/mol. The smallest absolute Gasteiger partial charge is 0.156 e. The monoisotopic (exact) mass is 255 g/mol. The van der Waals surface area contributed by atoms with Crippen molar-refractivity contribution in [1.29, 1.82) is 0 Å². The lowest BCUT2D eigenvalue weighted by Gasteiger charge is -2.28. The molecule has 1 aromatic heterocycles. The van der Waals surface area contributed by atoms with Crippen molar-refractivity contribution in [3.05, 3.63) is 10.6 Å². The van der Waals surface area contributed by atoms with Crippen molar-refractivity contribution >= 4 is 11.5 Å². The van der Waals surface area contributed by atoms with Gasteiger partial charge in [0.15, 0.2) is 5.75 Å². The van der Waals surface area contributed by atoms with Crippen LogP contribution in [0.3, 0.4) is 0 Å². The van der Waals surface area contributed by atoms with Crippen LogP contribution in [0.25, 0.3) is 0 Å². The van der Waals surface area contributed by atoms with Crippen LogP contribution in [0.15, 0.2) is 0 Å². The van der Waals surface area contributed by atoms with E-state index in [-0.39, 0.29) is 5.41 Å². The average molecular weight is 255 g/mol. The van der Waals surface area contributed by atoms with E-state index in [1.165, 1.54) is 42.7 Å². The molecule has 1 unspecified atom stereocenters. The summed E-state index contributed by atoms with van der Waals surface area (Å²) in [4.78, 5) is 1.20. The minimum atomic E-state index is 0.181. The van der Waals surface area contributed by atoms with E-state index >= 15 is 0 Å². The molecule has 0 amide bonds. The summed E-state index contributed by atoms with van der Waals surface area (Å²) >= 11 is 1.57. The van der Waals surface area contributed by atoms with Crippen molar-refractivity contribution in [2.45, 2.75) is 65.2 Å². The molecule has 2 nitrogen and oxygen atoms in total. The number of aryl methyl sites for hydroxylation is 1. The molecule has 0 bridgehead atoms. The molecule has 1 aromatic rings. The van der Waals surface area contributed by atoms with E-state index in [0.29, 0.717) is 0 Å². The van der Waals surface area contributed by atoms with Crippen LogP contribution in [0.1, 0.15) is 63.4 Å². The second-order valence-electron chi connectivity index (χ2n) is 5.03. The molecule has 0 aliphatic rings. The molecule has 1 heterocycles. The molecular formula is C14H25NOS. The third-order valence-corrected chi connectivity index (χ3v) is 4.20. The Hall–Kier alpha value is -0.570. The molecule has 0 saturated carbocycles. The summed E-state index contributed by atoms with van der Waals surface area (Å²) in [7, 11) is 1.76. The molecular weight excluding hydrogens is 230 g/mol. The first kappa shape index (κ1) is 14.5. The predicted octanol–water partition coefficient (Wildman–Crippen LogP) is 4.71. The number of ether oxygens (including phenoxy) is 1. The molecule has 0 saturated heterocycles. The highest BCUT2D eigenvalue weighted by atomic mass is 32.1. The van der Waals surface area contributed by atoms with E-state index in [4.69, 9.17) is 4.74 Å². The summed E-state index contributed by atoms with van der Waals surface area (Å²) in [5.74, 6) is 1.02. The van der Waals surface area contributed by atoms with Crippen LogP contribution < -0.4 is 4.74 Å².